The summed E-state index contributed by atoms with van der Waals surface area (Å²) in [5.74, 6) is -1.26. The van der Waals surface area contributed by atoms with Gasteiger partial charge in [-0.05, 0) is 12.5 Å². The minimum absolute atomic E-state index is 0.169. The number of hydrogen-bond acceptors (Lipinski definition) is 3. The smallest absolute Gasteiger partial charge is 0.321 e. The maximum absolute atomic E-state index is 11.2. The van der Waals surface area contributed by atoms with Gasteiger partial charge in [0.25, 0.3) is 0 Å². The second-order valence-corrected chi connectivity index (χ2v) is 3.46. The van der Waals surface area contributed by atoms with Crippen LogP contribution in [0.15, 0.2) is 24.3 Å². The highest BCUT2D eigenvalue weighted by Crippen LogP contribution is 2.27. The third kappa shape index (κ3) is 1.53. The van der Waals surface area contributed by atoms with Crippen LogP contribution in [0.2, 0.25) is 0 Å². The Hall–Kier alpha value is -1.64. The summed E-state index contributed by atoms with van der Waals surface area (Å²) >= 11 is 0. The van der Waals surface area contributed by atoms with Crippen LogP contribution in [0.4, 0.5) is 0 Å². The van der Waals surface area contributed by atoms with Gasteiger partial charge in [-0.25, -0.2) is 0 Å². The van der Waals surface area contributed by atoms with Gasteiger partial charge < -0.3 is 4.74 Å². The minimum Gasteiger partial charge on any atom is -0.393 e. The van der Waals surface area contributed by atoms with Crippen LogP contribution in [0.1, 0.15) is 23.5 Å². The molecule has 1 aromatic rings. The van der Waals surface area contributed by atoms with Gasteiger partial charge in [0.05, 0.1) is 12.3 Å². The van der Waals surface area contributed by atoms with Crippen LogP contribution < -0.4 is 0 Å². The molecule has 1 atom stereocenters. The second-order valence-electron chi connectivity index (χ2n) is 3.46. The van der Waals surface area contributed by atoms with Crippen molar-refractivity contribution in [2.24, 2.45) is 0 Å². The molecule has 0 spiro atoms. The van der Waals surface area contributed by atoms with E-state index in [0.29, 0.717) is 0 Å². The molecule has 14 heavy (non-hydrogen) atoms. The van der Waals surface area contributed by atoms with E-state index in [1.54, 1.807) is 0 Å². The summed E-state index contributed by atoms with van der Waals surface area (Å²) in [7, 11) is 0. The lowest BCUT2D eigenvalue weighted by Crippen LogP contribution is -2.05. The van der Waals surface area contributed by atoms with Crippen molar-refractivity contribution in [1.82, 2.24) is 0 Å². The number of benzene rings is 1. The van der Waals surface area contributed by atoms with Crippen LogP contribution in [-0.4, -0.2) is 11.9 Å². The van der Waals surface area contributed by atoms with Crippen LogP contribution in [0, 0.1) is 6.92 Å². The van der Waals surface area contributed by atoms with Crippen LogP contribution in [-0.2, 0) is 14.3 Å². The number of cyclic esters (lactones) is 2. The van der Waals surface area contributed by atoms with Gasteiger partial charge >= 0.3 is 11.9 Å². The minimum atomic E-state index is -0.432. The van der Waals surface area contributed by atoms with Crippen molar-refractivity contribution in [3.63, 3.8) is 0 Å². The monoisotopic (exact) mass is 190 g/mol. The fourth-order valence-corrected chi connectivity index (χ4v) is 1.53. The third-order valence-electron chi connectivity index (χ3n) is 2.35. The molecule has 3 nitrogen and oxygen atoms in total. The Morgan fingerprint density at radius 1 is 1.21 bits per heavy atom. The standard InChI is InChI=1S/C11H10O3/c1-7-2-4-8(5-3-7)9-6-10(12)14-11(9)13/h2-5,9H,6H2,1H3/t9-/m0/s1. The van der Waals surface area contributed by atoms with Crippen molar-refractivity contribution in [3.8, 4) is 0 Å². The van der Waals surface area contributed by atoms with Gasteiger partial charge in [0.1, 0.15) is 0 Å². The summed E-state index contributed by atoms with van der Waals surface area (Å²) < 4.78 is 4.48. The molecule has 1 saturated heterocycles. The van der Waals surface area contributed by atoms with E-state index in [1.165, 1.54) is 0 Å². The molecular weight excluding hydrogens is 180 g/mol. The van der Waals surface area contributed by atoms with E-state index in [0.717, 1.165) is 11.1 Å². The van der Waals surface area contributed by atoms with Gasteiger partial charge in [-0.2, -0.15) is 0 Å². The summed E-state index contributed by atoms with van der Waals surface area (Å²) in [5, 5.41) is 0. The molecule has 0 radical (unpaired) electrons. The molecule has 72 valence electrons. The lowest BCUT2D eigenvalue weighted by atomic mass is 9.97. The fraction of sp³-hybridized carbons (Fsp3) is 0.273. The first kappa shape index (κ1) is 8.94. The van der Waals surface area contributed by atoms with Crippen LogP contribution in [0.5, 0.6) is 0 Å². The van der Waals surface area contributed by atoms with Crippen molar-refractivity contribution in [3.05, 3.63) is 35.4 Å². The zero-order valence-corrected chi connectivity index (χ0v) is 7.82. The van der Waals surface area contributed by atoms with E-state index >= 15 is 0 Å². The quantitative estimate of drug-likeness (QED) is 0.498. The van der Waals surface area contributed by atoms with E-state index in [9.17, 15) is 9.59 Å². The molecule has 1 fully saturated rings. The van der Waals surface area contributed by atoms with Gasteiger partial charge in [0.2, 0.25) is 0 Å². The van der Waals surface area contributed by atoms with Gasteiger partial charge in [0, 0.05) is 0 Å². The number of carbonyl (C=O) groups excluding carboxylic acids is 2. The van der Waals surface area contributed by atoms with Crippen molar-refractivity contribution in [2.75, 3.05) is 0 Å². The summed E-state index contributed by atoms with van der Waals surface area (Å²) in [4.78, 5) is 22.1. The summed E-state index contributed by atoms with van der Waals surface area (Å²) in [6.07, 6.45) is 0.169. The van der Waals surface area contributed by atoms with E-state index in [4.69, 9.17) is 0 Å². The van der Waals surface area contributed by atoms with Gasteiger partial charge in [-0.3, -0.25) is 9.59 Å². The Labute approximate surface area is 81.7 Å². The van der Waals surface area contributed by atoms with Crippen molar-refractivity contribution in [2.45, 2.75) is 19.3 Å². The summed E-state index contributed by atoms with van der Waals surface area (Å²) in [5.41, 5.74) is 1.98. The fourth-order valence-electron chi connectivity index (χ4n) is 1.53. The van der Waals surface area contributed by atoms with Crippen molar-refractivity contribution >= 4 is 11.9 Å². The van der Waals surface area contributed by atoms with Crippen molar-refractivity contribution < 1.29 is 14.3 Å². The van der Waals surface area contributed by atoms with E-state index in [2.05, 4.69) is 4.74 Å². The largest absolute Gasteiger partial charge is 0.393 e. The number of esters is 2. The van der Waals surface area contributed by atoms with Gasteiger partial charge in [0.15, 0.2) is 0 Å². The second kappa shape index (κ2) is 3.25. The average molecular weight is 190 g/mol. The van der Waals surface area contributed by atoms with Crippen molar-refractivity contribution in [1.29, 1.82) is 0 Å². The Morgan fingerprint density at radius 3 is 2.36 bits per heavy atom. The molecule has 0 amide bonds. The molecule has 0 aliphatic carbocycles. The van der Waals surface area contributed by atoms with E-state index in [1.807, 2.05) is 31.2 Å². The predicted molar refractivity (Wildman–Crippen MR) is 49.6 cm³/mol. The summed E-state index contributed by atoms with van der Waals surface area (Å²) in [6.45, 7) is 1.97. The van der Waals surface area contributed by atoms with Gasteiger partial charge in [-0.15, -0.1) is 0 Å². The first-order chi connectivity index (χ1) is 6.66. The topological polar surface area (TPSA) is 43.4 Å². The molecule has 0 bridgehead atoms. The predicted octanol–water partition coefficient (Wildman–Crippen LogP) is 1.55. The highest BCUT2D eigenvalue weighted by molar-refractivity contribution is 5.97. The van der Waals surface area contributed by atoms with Gasteiger partial charge in [-0.1, -0.05) is 29.8 Å². The SMILES string of the molecule is Cc1ccc([C@@H]2CC(=O)OC2=O)cc1. The molecule has 1 aliphatic heterocycles. The first-order valence-corrected chi connectivity index (χ1v) is 4.48. The number of aryl methyl sites for hydroxylation is 1. The number of carbonyl (C=O) groups is 2. The average Bonchev–Trinajstić information content (AvgIpc) is 2.47. The third-order valence-corrected chi connectivity index (χ3v) is 2.35. The highest BCUT2D eigenvalue weighted by atomic mass is 16.6. The van der Waals surface area contributed by atoms with Crippen LogP contribution in [0.3, 0.4) is 0 Å². The molecule has 2 rings (SSSR count). The zero-order chi connectivity index (χ0) is 10.1. The molecule has 0 unspecified atom stereocenters. The maximum Gasteiger partial charge on any atom is 0.321 e. The molecule has 0 aromatic heterocycles. The molecule has 0 saturated carbocycles. The number of ether oxygens (including phenoxy) is 1. The molecule has 0 N–H and O–H groups in total. The van der Waals surface area contributed by atoms with E-state index < -0.39 is 17.9 Å². The summed E-state index contributed by atoms with van der Waals surface area (Å²) in [6, 6.07) is 7.57. The molecule has 1 heterocycles. The van der Waals surface area contributed by atoms with Crippen LogP contribution >= 0.6 is 0 Å². The zero-order valence-electron chi connectivity index (χ0n) is 7.82. The lowest BCUT2D eigenvalue weighted by molar-refractivity contribution is -0.152. The lowest BCUT2D eigenvalue weighted by Gasteiger charge is -2.04. The Kier molecular flexibility index (Phi) is 2.08. The number of hydrogen-bond donors (Lipinski definition) is 0. The molecule has 3 heteroatoms. The number of rotatable bonds is 1. The Balaban J connectivity index is 2.27. The normalized spacial score (nSPS) is 21.1. The molecule has 1 aliphatic rings. The first-order valence-electron chi connectivity index (χ1n) is 4.48. The maximum atomic E-state index is 11.2. The molecular formula is C11H10O3. The van der Waals surface area contributed by atoms with E-state index in [-0.39, 0.29) is 6.42 Å². The molecule has 1 aromatic carbocycles. The Morgan fingerprint density at radius 2 is 1.86 bits per heavy atom. The van der Waals surface area contributed by atoms with Crippen LogP contribution in [0.25, 0.3) is 0 Å². The highest BCUT2D eigenvalue weighted by Gasteiger charge is 2.34. The Bertz CT molecular complexity index is 378.